The molecule has 188 valence electrons. The molecule has 2 fully saturated rings. The largest absolute Gasteiger partial charge is 0.457 e. The molecule has 7 heteroatoms. The van der Waals surface area contributed by atoms with E-state index in [0.29, 0.717) is 6.42 Å². The van der Waals surface area contributed by atoms with Gasteiger partial charge in [0, 0.05) is 41.9 Å². The van der Waals surface area contributed by atoms with E-state index in [-0.39, 0.29) is 54.5 Å². The SMILES string of the molecule is CCC(=O)OCC(=O)[C@@]1(OC(=O)CC)[C@H](C)C[C@H]2[C@@H]3C=CC4=CC(=O)C=C[C@]4(C)[C@H]3C(=O)C[C@@]21C. The third kappa shape index (κ3) is 3.57. The van der Waals surface area contributed by atoms with Crippen LogP contribution in [0.15, 0.2) is 36.0 Å². The Hall–Kier alpha value is -2.83. The van der Waals surface area contributed by atoms with Crippen LogP contribution >= 0.6 is 0 Å². The Kier molecular flexibility index (Phi) is 6.27. The molecule has 0 aromatic heterocycles. The van der Waals surface area contributed by atoms with Crippen molar-refractivity contribution in [1.82, 2.24) is 0 Å². The standard InChI is InChI=1S/C28H34O7/c1-6-23(32)34-15-22(31)28(35-24(33)7-2)16(3)12-20-19-9-8-17-13-18(29)10-11-26(17,4)25(19)21(30)14-27(20,28)5/h8-11,13,16,19-20,25H,6-7,12,14-15H2,1-5H3/t16-,19+,20+,25-,26+,27+,28+/m1/s1. The van der Waals surface area contributed by atoms with Gasteiger partial charge < -0.3 is 9.47 Å². The minimum Gasteiger partial charge on any atom is -0.457 e. The summed E-state index contributed by atoms with van der Waals surface area (Å²) in [6.45, 7) is 8.55. The van der Waals surface area contributed by atoms with Gasteiger partial charge in [-0.1, -0.05) is 52.8 Å². The summed E-state index contributed by atoms with van der Waals surface area (Å²) >= 11 is 0. The molecule has 0 unspecified atom stereocenters. The third-order valence-corrected chi connectivity index (χ3v) is 8.99. The van der Waals surface area contributed by atoms with Crippen LogP contribution in [0, 0.1) is 34.5 Å². The van der Waals surface area contributed by atoms with Crippen LogP contribution in [0.5, 0.6) is 0 Å². The van der Waals surface area contributed by atoms with Crippen LogP contribution in [0.2, 0.25) is 0 Å². The number of rotatable bonds is 6. The summed E-state index contributed by atoms with van der Waals surface area (Å²) in [6, 6.07) is 0. The Bertz CT molecular complexity index is 1080. The predicted octanol–water partition coefficient (Wildman–Crippen LogP) is 3.71. The van der Waals surface area contributed by atoms with Crippen LogP contribution in [-0.4, -0.2) is 41.5 Å². The number of ether oxygens (including phenoxy) is 2. The van der Waals surface area contributed by atoms with Gasteiger partial charge in [-0.2, -0.15) is 0 Å². The van der Waals surface area contributed by atoms with Crippen molar-refractivity contribution in [3.63, 3.8) is 0 Å². The normalized spacial score (nSPS) is 39.3. The van der Waals surface area contributed by atoms with Crippen molar-refractivity contribution in [3.05, 3.63) is 36.0 Å². The van der Waals surface area contributed by atoms with Gasteiger partial charge in [0.05, 0.1) is 0 Å². The van der Waals surface area contributed by atoms with E-state index in [1.54, 1.807) is 19.9 Å². The minimum absolute atomic E-state index is 0.0186. The summed E-state index contributed by atoms with van der Waals surface area (Å²) in [5.74, 6) is -2.66. The molecule has 4 aliphatic carbocycles. The number of ketones is 3. The number of carbonyl (C=O) groups excluding carboxylic acids is 5. The molecular weight excluding hydrogens is 448 g/mol. The number of Topliss-reactive ketones (excluding diaryl/α,β-unsaturated/α-hetero) is 2. The van der Waals surface area contributed by atoms with Crippen LogP contribution < -0.4 is 0 Å². The Morgan fingerprint density at radius 3 is 2.40 bits per heavy atom. The summed E-state index contributed by atoms with van der Waals surface area (Å²) in [5.41, 5.74) is -2.31. The molecule has 2 saturated carbocycles. The smallest absolute Gasteiger partial charge is 0.306 e. The van der Waals surface area contributed by atoms with Crippen molar-refractivity contribution in [1.29, 1.82) is 0 Å². The summed E-state index contributed by atoms with van der Waals surface area (Å²) in [5, 5.41) is 0. The van der Waals surface area contributed by atoms with E-state index in [0.717, 1.165) is 5.57 Å². The average molecular weight is 483 g/mol. The van der Waals surface area contributed by atoms with Crippen LogP contribution in [0.1, 0.15) is 60.3 Å². The second-order valence-electron chi connectivity index (χ2n) is 10.8. The topological polar surface area (TPSA) is 104 Å². The van der Waals surface area contributed by atoms with Gasteiger partial charge in [0.15, 0.2) is 18.0 Å². The molecule has 4 aliphatic rings. The van der Waals surface area contributed by atoms with Gasteiger partial charge >= 0.3 is 11.9 Å². The zero-order chi connectivity index (χ0) is 25.8. The molecule has 7 nitrogen and oxygen atoms in total. The first-order valence-corrected chi connectivity index (χ1v) is 12.5. The second-order valence-corrected chi connectivity index (χ2v) is 10.8. The summed E-state index contributed by atoms with van der Waals surface area (Å²) in [6.07, 6.45) is 9.73. The molecule has 0 aromatic rings. The van der Waals surface area contributed by atoms with E-state index < -0.39 is 40.8 Å². The number of hydrogen-bond acceptors (Lipinski definition) is 7. The fourth-order valence-corrected chi connectivity index (χ4v) is 7.30. The highest BCUT2D eigenvalue weighted by atomic mass is 16.6. The van der Waals surface area contributed by atoms with Crippen LogP contribution in [-0.2, 0) is 33.4 Å². The van der Waals surface area contributed by atoms with Crippen LogP contribution in [0.4, 0.5) is 0 Å². The first kappa shape index (κ1) is 25.3. The highest BCUT2D eigenvalue weighted by Crippen LogP contribution is 2.67. The van der Waals surface area contributed by atoms with Crippen molar-refractivity contribution < 1.29 is 33.4 Å². The maximum Gasteiger partial charge on any atom is 0.306 e. The first-order chi connectivity index (χ1) is 16.4. The molecule has 0 radical (unpaired) electrons. The van der Waals surface area contributed by atoms with Crippen molar-refractivity contribution in [2.75, 3.05) is 6.61 Å². The van der Waals surface area contributed by atoms with E-state index in [1.807, 2.05) is 39.0 Å². The molecule has 0 spiro atoms. The number of hydrogen-bond donors (Lipinski definition) is 0. The molecule has 7 atom stereocenters. The van der Waals surface area contributed by atoms with Crippen molar-refractivity contribution in [3.8, 4) is 0 Å². The zero-order valence-electron chi connectivity index (χ0n) is 21.1. The second kappa shape index (κ2) is 8.68. The Balaban J connectivity index is 1.80. The zero-order valence-corrected chi connectivity index (χ0v) is 21.1. The Labute approximate surface area is 206 Å². The molecule has 35 heavy (non-hydrogen) atoms. The molecule has 0 bridgehead atoms. The lowest BCUT2D eigenvalue weighted by Crippen LogP contribution is -2.63. The summed E-state index contributed by atoms with van der Waals surface area (Å²) in [4.78, 5) is 64.1. The maximum absolute atomic E-state index is 13.9. The number of fused-ring (bicyclic) bond motifs is 5. The molecule has 0 saturated heterocycles. The Morgan fingerprint density at radius 1 is 1.06 bits per heavy atom. The van der Waals surface area contributed by atoms with Crippen molar-refractivity contribution >= 4 is 29.3 Å². The van der Waals surface area contributed by atoms with Gasteiger partial charge in [-0.15, -0.1) is 0 Å². The lowest BCUT2D eigenvalue weighted by molar-refractivity contribution is -0.196. The Morgan fingerprint density at radius 2 is 1.74 bits per heavy atom. The van der Waals surface area contributed by atoms with Gasteiger partial charge in [0.2, 0.25) is 5.78 Å². The van der Waals surface area contributed by atoms with Gasteiger partial charge in [-0.05, 0) is 36.0 Å². The van der Waals surface area contributed by atoms with E-state index in [4.69, 9.17) is 9.47 Å². The summed E-state index contributed by atoms with van der Waals surface area (Å²) < 4.78 is 11.2. The van der Waals surface area contributed by atoms with E-state index in [2.05, 4.69) is 0 Å². The van der Waals surface area contributed by atoms with Crippen molar-refractivity contribution in [2.45, 2.75) is 65.9 Å². The lowest BCUT2D eigenvalue weighted by atomic mass is 9.48. The number of esters is 2. The fourth-order valence-electron chi connectivity index (χ4n) is 7.30. The molecule has 0 heterocycles. The van der Waals surface area contributed by atoms with Gasteiger partial charge in [0.25, 0.3) is 0 Å². The van der Waals surface area contributed by atoms with Crippen LogP contribution in [0.25, 0.3) is 0 Å². The van der Waals surface area contributed by atoms with Gasteiger partial charge in [-0.3, -0.25) is 24.0 Å². The monoisotopic (exact) mass is 482 g/mol. The maximum atomic E-state index is 13.9. The molecule has 0 amide bonds. The molecule has 4 rings (SSSR count). The summed E-state index contributed by atoms with van der Waals surface area (Å²) in [7, 11) is 0. The average Bonchev–Trinajstić information content (AvgIpc) is 3.04. The molecule has 0 aromatic carbocycles. The van der Waals surface area contributed by atoms with E-state index in [1.165, 1.54) is 6.08 Å². The van der Waals surface area contributed by atoms with E-state index in [9.17, 15) is 24.0 Å². The van der Waals surface area contributed by atoms with Gasteiger partial charge in [0.1, 0.15) is 5.78 Å². The first-order valence-electron chi connectivity index (χ1n) is 12.5. The highest BCUT2D eigenvalue weighted by Gasteiger charge is 2.72. The minimum atomic E-state index is -1.57. The number of carbonyl (C=O) groups is 5. The highest BCUT2D eigenvalue weighted by molar-refractivity contribution is 6.02. The molecule has 0 N–H and O–H groups in total. The number of allylic oxidation sites excluding steroid dienone is 6. The molecular formula is C28H34O7. The quantitative estimate of drug-likeness (QED) is 0.532. The third-order valence-electron chi connectivity index (χ3n) is 8.99. The fraction of sp³-hybridized carbons (Fsp3) is 0.607. The van der Waals surface area contributed by atoms with Crippen LogP contribution in [0.3, 0.4) is 0 Å². The predicted molar refractivity (Wildman–Crippen MR) is 127 cm³/mol. The van der Waals surface area contributed by atoms with Gasteiger partial charge in [-0.25, -0.2) is 0 Å². The van der Waals surface area contributed by atoms with E-state index >= 15 is 0 Å². The molecule has 0 aliphatic heterocycles. The van der Waals surface area contributed by atoms with Crippen molar-refractivity contribution in [2.24, 2.45) is 34.5 Å². The lowest BCUT2D eigenvalue weighted by Gasteiger charge is -2.55.